The Morgan fingerprint density at radius 2 is 1.83 bits per heavy atom. The van der Waals surface area contributed by atoms with E-state index < -0.39 is 23.8 Å². The molecule has 2 saturated heterocycles. The minimum atomic E-state index is -1.00. The largest absolute Gasteiger partial charge is 0.357 e. The van der Waals surface area contributed by atoms with Crippen LogP contribution in [0.3, 0.4) is 0 Å². The topological polar surface area (TPSA) is 90.0 Å². The average molecular weight is 499 g/mol. The second-order valence-corrected chi connectivity index (χ2v) is 10.1. The molecule has 3 aliphatic heterocycles. The second kappa shape index (κ2) is 14.2. The normalized spacial score (nSPS) is 23.6. The molecular weight excluding hydrogens is 456 g/mol. The molecule has 0 aromatic heterocycles. The van der Waals surface area contributed by atoms with Gasteiger partial charge in [0.05, 0.1) is 6.42 Å². The summed E-state index contributed by atoms with van der Waals surface area (Å²) in [6.07, 6.45) is 13.9. The molecule has 0 radical (unpaired) electrons. The number of rotatable bonds is 11. The number of nitrogens with zero attached hydrogens (tertiary/aromatic N) is 3. The van der Waals surface area contributed by atoms with Crippen molar-refractivity contribution >= 4 is 24.0 Å². The van der Waals surface area contributed by atoms with Crippen LogP contribution < -0.4 is 5.32 Å². The van der Waals surface area contributed by atoms with Gasteiger partial charge in [0.25, 0.3) is 5.91 Å². The van der Waals surface area contributed by atoms with E-state index in [0.717, 1.165) is 30.5 Å². The van der Waals surface area contributed by atoms with Gasteiger partial charge in [-0.25, -0.2) is 0 Å². The maximum Gasteiger partial charge on any atom is 0.261 e. The molecule has 2 unspecified atom stereocenters. The van der Waals surface area contributed by atoms with Crippen LogP contribution in [0.25, 0.3) is 0 Å². The lowest BCUT2D eigenvalue weighted by molar-refractivity contribution is -0.150. The maximum absolute atomic E-state index is 13.4. The molecule has 0 bridgehead atoms. The van der Waals surface area contributed by atoms with Crippen molar-refractivity contribution in [2.24, 2.45) is 5.92 Å². The smallest absolute Gasteiger partial charge is 0.261 e. The average Bonchev–Trinajstić information content (AvgIpc) is 3.12. The number of carbonyl (C=O) groups is 4. The van der Waals surface area contributed by atoms with Crippen LogP contribution in [0.2, 0.25) is 0 Å². The van der Waals surface area contributed by atoms with Crippen molar-refractivity contribution in [2.45, 2.75) is 63.8 Å². The molecule has 0 aromatic rings. The van der Waals surface area contributed by atoms with E-state index in [2.05, 4.69) is 21.7 Å². The fraction of sp³-hybridized carbons (Fsp3) is 0.643. The van der Waals surface area contributed by atoms with Crippen LogP contribution in [0.15, 0.2) is 36.0 Å². The number of piperidine rings is 1. The van der Waals surface area contributed by atoms with E-state index in [1.807, 2.05) is 6.08 Å². The number of hydrogen-bond acceptors (Lipinski definition) is 6. The minimum absolute atomic E-state index is 0.00535. The highest BCUT2D eigenvalue weighted by atomic mass is 16.2. The van der Waals surface area contributed by atoms with Crippen molar-refractivity contribution in [2.75, 3.05) is 46.3 Å². The van der Waals surface area contributed by atoms with E-state index in [0.29, 0.717) is 17.4 Å². The SMILES string of the molecule is C=CC1=C(/C=C\CN2CCCC(CN3CCCCC3)CC2)C(=O)N(C(CCC=O)C(=O)NC)C(=O)C1. The maximum atomic E-state index is 13.4. The molecule has 3 aliphatic rings. The minimum Gasteiger partial charge on any atom is -0.357 e. The number of imide groups is 1. The van der Waals surface area contributed by atoms with E-state index in [-0.39, 0.29) is 19.3 Å². The number of carbonyl (C=O) groups excluding carboxylic acids is 4. The Hall–Kier alpha value is -2.58. The van der Waals surface area contributed by atoms with Gasteiger partial charge in [0, 0.05) is 32.1 Å². The number of allylic oxidation sites excluding steroid dienone is 1. The molecule has 3 heterocycles. The molecule has 0 saturated carbocycles. The summed E-state index contributed by atoms with van der Waals surface area (Å²) in [7, 11) is 1.46. The third-order valence-electron chi connectivity index (χ3n) is 7.62. The summed E-state index contributed by atoms with van der Waals surface area (Å²) < 4.78 is 0. The summed E-state index contributed by atoms with van der Waals surface area (Å²) in [6, 6.07) is -1.00. The number of hydrogen-bond donors (Lipinski definition) is 1. The molecule has 0 aliphatic carbocycles. The summed E-state index contributed by atoms with van der Waals surface area (Å²) in [6.45, 7) is 10.3. The van der Waals surface area contributed by atoms with Crippen LogP contribution >= 0.6 is 0 Å². The first-order valence-corrected chi connectivity index (χ1v) is 13.5. The summed E-state index contributed by atoms with van der Waals surface area (Å²) in [5.74, 6) is -0.652. The van der Waals surface area contributed by atoms with E-state index in [1.165, 1.54) is 65.2 Å². The van der Waals surface area contributed by atoms with E-state index in [9.17, 15) is 19.2 Å². The molecule has 1 N–H and O–H groups in total. The van der Waals surface area contributed by atoms with E-state index >= 15 is 0 Å². The standard InChI is InChI=1S/C28H42N4O4/c1-3-23-20-26(34)32(25(12-9-19-33)27(35)29-2)28(36)24(23)11-8-17-30-16-7-10-22(13-18-30)21-31-14-5-4-6-15-31/h3,8,11,19,22,25H,1,4-7,9-10,12-18,20-21H2,2H3,(H,29,35)/b11-8-. The third kappa shape index (κ3) is 7.46. The van der Waals surface area contributed by atoms with Crippen molar-refractivity contribution in [3.05, 3.63) is 36.0 Å². The van der Waals surface area contributed by atoms with Gasteiger partial charge in [-0.3, -0.25) is 24.2 Å². The Morgan fingerprint density at radius 3 is 2.53 bits per heavy atom. The molecule has 8 heteroatoms. The number of likely N-dealkylation sites (tertiary alicyclic amines) is 2. The Balaban J connectivity index is 1.63. The Bertz CT molecular complexity index is 875. The number of aldehydes is 1. The number of amides is 3. The summed E-state index contributed by atoms with van der Waals surface area (Å²) in [5, 5.41) is 2.51. The van der Waals surface area contributed by atoms with Crippen LogP contribution in [0.5, 0.6) is 0 Å². The van der Waals surface area contributed by atoms with E-state index in [4.69, 9.17) is 0 Å². The van der Waals surface area contributed by atoms with Crippen LogP contribution in [0, 0.1) is 5.92 Å². The lowest BCUT2D eigenvalue weighted by Gasteiger charge is -2.32. The van der Waals surface area contributed by atoms with Gasteiger partial charge < -0.3 is 15.0 Å². The highest BCUT2D eigenvalue weighted by Gasteiger charge is 2.38. The summed E-state index contributed by atoms with van der Waals surface area (Å²) in [4.78, 5) is 55.6. The summed E-state index contributed by atoms with van der Waals surface area (Å²) in [5.41, 5.74) is 0.961. The molecule has 198 valence electrons. The zero-order valence-corrected chi connectivity index (χ0v) is 21.8. The molecular formula is C28H42N4O4. The number of likely N-dealkylation sites (N-methyl/N-ethyl adjacent to an activating group) is 1. The van der Waals surface area contributed by atoms with Gasteiger partial charge in [-0.2, -0.15) is 0 Å². The van der Waals surface area contributed by atoms with Crippen molar-refractivity contribution in [3.63, 3.8) is 0 Å². The van der Waals surface area contributed by atoms with Gasteiger partial charge in [0.1, 0.15) is 12.3 Å². The van der Waals surface area contributed by atoms with Crippen LogP contribution in [-0.4, -0.2) is 91.1 Å². The van der Waals surface area contributed by atoms with Gasteiger partial charge in [-0.05, 0) is 76.2 Å². The number of nitrogens with one attached hydrogen (secondary N) is 1. The lowest BCUT2D eigenvalue weighted by Crippen LogP contribution is -2.53. The van der Waals surface area contributed by atoms with Gasteiger partial charge in [-0.1, -0.05) is 31.2 Å². The second-order valence-electron chi connectivity index (χ2n) is 10.1. The quantitative estimate of drug-likeness (QED) is 0.348. The first kappa shape index (κ1) is 28.0. The first-order valence-electron chi connectivity index (χ1n) is 13.5. The molecule has 8 nitrogen and oxygen atoms in total. The molecule has 3 rings (SSSR count). The predicted octanol–water partition coefficient (Wildman–Crippen LogP) is 2.47. The van der Waals surface area contributed by atoms with Crippen molar-refractivity contribution < 1.29 is 19.2 Å². The highest BCUT2D eigenvalue weighted by molar-refractivity contribution is 6.12. The van der Waals surface area contributed by atoms with Crippen molar-refractivity contribution in [1.29, 1.82) is 0 Å². The van der Waals surface area contributed by atoms with Gasteiger partial charge >= 0.3 is 0 Å². The monoisotopic (exact) mass is 498 g/mol. The predicted molar refractivity (Wildman–Crippen MR) is 140 cm³/mol. The van der Waals surface area contributed by atoms with Crippen molar-refractivity contribution in [1.82, 2.24) is 20.0 Å². The molecule has 0 aromatic carbocycles. The third-order valence-corrected chi connectivity index (χ3v) is 7.62. The van der Waals surface area contributed by atoms with Crippen LogP contribution in [-0.2, 0) is 19.2 Å². The Labute approximate surface area is 215 Å². The van der Waals surface area contributed by atoms with E-state index in [1.54, 1.807) is 12.2 Å². The molecule has 2 atom stereocenters. The molecule has 36 heavy (non-hydrogen) atoms. The lowest BCUT2D eigenvalue weighted by atomic mass is 9.95. The molecule has 2 fully saturated rings. The van der Waals surface area contributed by atoms with Gasteiger partial charge in [-0.15, -0.1) is 0 Å². The van der Waals surface area contributed by atoms with Crippen LogP contribution in [0.4, 0.5) is 0 Å². The zero-order valence-electron chi connectivity index (χ0n) is 21.8. The molecule has 3 amide bonds. The van der Waals surface area contributed by atoms with Gasteiger partial charge in [0.2, 0.25) is 11.8 Å². The van der Waals surface area contributed by atoms with Crippen molar-refractivity contribution in [3.8, 4) is 0 Å². The van der Waals surface area contributed by atoms with Crippen LogP contribution in [0.1, 0.15) is 57.8 Å². The molecule has 0 spiro atoms. The Kier molecular flexibility index (Phi) is 11.1. The fourth-order valence-electron chi connectivity index (χ4n) is 5.59. The highest BCUT2D eigenvalue weighted by Crippen LogP contribution is 2.26. The fourth-order valence-corrected chi connectivity index (χ4v) is 5.59. The van der Waals surface area contributed by atoms with Gasteiger partial charge in [0.15, 0.2) is 0 Å². The first-order chi connectivity index (χ1) is 17.5. The Morgan fingerprint density at radius 1 is 1.08 bits per heavy atom. The zero-order chi connectivity index (χ0) is 25.9. The summed E-state index contributed by atoms with van der Waals surface area (Å²) >= 11 is 0.